The van der Waals surface area contributed by atoms with E-state index in [9.17, 15) is 9.59 Å². The van der Waals surface area contributed by atoms with E-state index in [0.29, 0.717) is 24.9 Å². The topological polar surface area (TPSA) is 62.3 Å². The van der Waals surface area contributed by atoms with E-state index in [2.05, 4.69) is 10.3 Å². The Morgan fingerprint density at radius 3 is 2.88 bits per heavy atom. The summed E-state index contributed by atoms with van der Waals surface area (Å²) in [4.78, 5) is 32.2. The maximum atomic E-state index is 13.1. The summed E-state index contributed by atoms with van der Waals surface area (Å²) in [6, 6.07) is 11.6. The van der Waals surface area contributed by atoms with Crippen molar-refractivity contribution in [1.29, 1.82) is 0 Å². The summed E-state index contributed by atoms with van der Waals surface area (Å²) < 4.78 is 0. The highest BCUT2D eigenvalue weighted by atomic mass is 32.2. The Bertz CT molecular complexity index is 809. The van der Waals surface area contributed by atoms with Crippen LogP contribution in [0.4, 0.5) is 5.69 Å². The van der Waals surface area contributed by atoms with Crippen LogP contribution in [0, 0.1) is 0 Å². The summed E-state index contributed by atoms with van der Waals surface area (Å²) in [5.41, 5.74) is 1.49. The molecule has 1 aliphatic rings. The van der Waals surface area contributed by atoms with Gasteiger partial charge in [-0.3, -0.25) is 9.59 Å². The van der Waals surface area contributed by atoms with Crippen molar-refractivity contribution in [3.8, 4) is 0 Å². The first-order valence-electron chi connectivity index (χ1n) is 8.93. The number of aromatic nitrogens is 1. The molecule has 0 saturated heterocycles. The number of rotatable bonds is 6. The van der Waals surface area contributed by atoms with Crippen LogP contribution in [0.2, 0.25) is 0 Å². The zero-order chi connectivity index (χ0) is 18.5. The molecule has 26 heavy (non-hydrogen) atoms. The minimum Gasteiger partial charge on any atom is -0.354 e. The van der Waals surface area contributed by atoms with Crippen LogP contribution in [0.3, 0.4) is 0 Å². The first-order valence-corrected chi connectivity index (χ1v) is 9.75. The third kappa shape index (κ3) is 4.07. The quantitative estimate of drug-likeness (QED) is 0.839. The molecule has 5 nitrogen and oxygen atoms in total. The van der Waals surface area contributed by atoms with Gasteiger partial charge in [0.15, 0.2) is 0 Å². The van der Waals surface area contributed by atoms with E-state index in [1.165, 1.54) is 11.8 Å². The molecule has 2 amide bonds. The van der Waals surface area contributed by atoms with Gasteiger partial charge in [-0.05, 0) is 44.0 Å². The Labute approximate surface area is 158 Å². The maximum Gasteiger partial charge on any atom is 0.261 e. The van der Waals surface area contributed by atoms with Gasteiger partial charge in [-0.25, -0.2) is 4.98 Å². The van der Waals surface area contributed by atoms with E-state index >= 15 is 0 Å². The van der Waals surface area contributed by atoms with E-state index in [1.807, 2.05) is 44.2 Å². The number of benzene rings is 1. The highest BCUT2D eigenvalue weighted by Gasteiger charge is 2.27. The van der Waals surface area contributed by atoms with Crippen molar-refractivity contribution < 1.29 is 9.59 Å². The molecule has 0 radical (unpaired) electrons. The first kappa shape index (κ1) is 18.5. The van der Waals surface area contributed by atoms with Crippen LogP contribution < -0.4 is 10.2 Å². The van der Waals surface area contributed by atoms with Gasteiger partial charge in [-0.1, -0.05) is 30.8 Å². The summed E-state index contributed by atoms with van der Waals surface area (Å²) in [5, 5.41) is 3.69. The highest BCUT2D eigenvalue weighted by molar-refractivity contribution is 7.99. The molecule has 0 bridgehead atoms. The molecule has 0 fully saturated rings. The van der Waals surface area contributed by atoms with Crippen molar-refractivity contribution in [2.75, 3.05) is 11.4 Å². The summed E-state index contributed by atoms with van der Waals surface area (Å²) in [6.07, 6.45) is 3.63. The monoisotopic (exact) mass is 369 g/mol. The van der Waals surface area contributed by atoms with Crippen molar-refractivity contribution in [3.05, 3.63) is 48.2 Å². The number of hydrogen-bond donors (Lipinski definition) is 1. The van der Waals surface area contributed by atoms with Gasteiger partial charge in [-0.15, -0.1) is 0 Å². The Kier molecular flexibility index (Phi) is 5.93. The first-order chi connectivity index (χ1) is 12.6. The van der Waals surface area contributed by atoms with E-state index in [1.54, 1.807) is 17.2 Å². The predicted molar refractivity (Wildman–Crippen MR) is 104 cm³/mol. The van der Waals surface area contributed by atoms with Crippen molar-refractivity contribution in [3.63, 3.8) is 0 Å². The fraction of sp³-hybridized carbons (Fsp3) is 0.350. The lowest BCUT2D eigenvalue weighted by Crippen LogP contribution is -2.34. The fourth-order valence-electron chi connectivity index (χ4n) is 2.83. The zero-order valence-corrected chi connectivity index (χ0v) is 15.9. The number of nitrogens with zero attached hydrogens (tertiary/aromatic N) is 2. The molecule has 2 heterocycles. The third-order valence-corrected chi connectivity index (χ3v) is 5.50. The van der Waals surface area contributed by atoms with Crippen molar-refractivity contribution in [1.82, 2.24) is 10.3 Å². The normalized spacial score (nSPS) is 14.2. The van der Waals surface area contributed by atoms with Gasteiger partial charge in [0.05, 0.1) is 11.3 Å². The molecule has 1 aliphatic heterocycles. The van der Waals surface area contributed by atoms with Crippen LogP contribution in [0.25, 0.3) is 0 Å². The lowest BCUT2D eigenvalue weighted by Gasteiger charge is -2.23. The minimum atomic E-state index is -0.0621. The number of fused-ring (bicyclic) bond motifs is 2. The van der Waals surface area contributed by atoms with E-state index in [-0.39, 0.29) is 17.9 Å². The molecule has 6 heteroatoms. The predicted octanol–water partition coefficient (Wildman–Crippen LogP) is 3.89. The molecule has 2 aromatic rings. The van der Waals surface area contributed by atoms with Gasteiger partial charge in [0.2, 0.25) is 5.91 Å². The smallest absolute Gasteiger partial charge is 0.261 e. The van der Waals surface area contributed by atoms with Gasteiger partial charge in [0.25, 0.3) is 5.91 Å². The van der Waals surface area contributed by atoms with Crippen LogP contribution in [-0.2, 0) is 4.79 Å². The molecular weight excluding hydrogens is 346 g/mol. The largest absolute Gasteiger partial charge is 0.354 e. The van der Waals surface area contributed by atoms with Crippen LogP contribution in [0.5, 0.6) is 0 Å². The molecule has 1 N–H and O–H groups in total. The molecule has 1 atom stereocenters. The fourth-order valence-corrected chi connectivity index (χ4v) is 3.85. The van der Waals surface area contributed by atoms with Crippen LogP contribution in [0.15, 0.2) is 52.5 Å². The summed E-state index contributed by atoms with van der Waals surface area (Å²) in [5.74, 6) is -0.0285. The standard InChI is InChI=1S/C20H23N3O2S/c1-3-14(2)22-18(24)11-7-13-23-16-9-4-5-10-17(16)26-19-15(20(23)25)8-6-12-21-19/h4-6,8-10,12,14H,3,7,11,13H2,1-2H3,(H,22,24). The molecule has 0 saturated carbocycles. The Hall–Kier alpha value is -2.34. The number of pyridine rings is 1. The molecular formula is C20H23N3O2S. The second-order valence-corrected chi connectivity index (χ2v) is 7.39. The minimum absolute atomic E-state index is 0.0337. The van der Waals surface area contributed by atoms with Crippen molar-refractivity contribution in [2.45, 2.75) is 49.1 Å². The van der Waals surface area contributed by atoms with Crippen molar-refractivity contribution in [2.24, 2.45) is 0 Å². The highest BCUT2D eigenvalue weighted by Crippen LogP contribution is 2.40. The number of carbonyl (C=O) groups is 2. The van der Waals surface area contributed by atoms with E-state index < -0.39 is 0 Å². The number of para-hydroxylation sites is 1. The van der Waals surface area contributed by atoms with Crippen LogP contribution >= 0.6 is 11.8 Å². The molecule has 0 aliphatic carbocycles. The molecule has 136 valence electrons. The third-order valence-electron chi connectivity index (χ3n) is 4.41. The summed E-state index contributed by atoms with van der Waals surface area (Å²) >= 11 is 1.51. The van der Waals surface area contributed by atoms with Gasteiger partial charge in [0, 0.05) is 30.1 Å². The van der Waals surface area contributed by atoms with Crippen molar-refractivity contribution >= 4 is 29.3 Å². The molecule has 1 aromatic carbocycles. The number of carbonyl (C=O) groups excluding carboxylic acids is 2. The number of hydrogen-bond acceptors (Lipinski definition) is 4. The number of nitrogens with one attached hydrogen (secondary N) is 1. The lowest BCUT2D eigenvalue weighted by atomic mass is 10.2. The molecule has 1 unspecified atom stereocenters. The summed E-state index contributed by atoms with van der Waals surface area (Å²) in [7, 11) is 0. The average Bonchev–Trinajstić information content (AvgIpc) is 2.77. The van der Waals surface area contributed by atoms with E-state index in [0.717, 1.165) is 22.0 Å². The second kappa shape index (κ2) is 8.36. The molecule has 3 rings (SSSR count). The van der Waals surface area contributed by atoms with Crippen LogP contribution in [0.1, 0.15) is 43.5 Å². The summed E-state index contributed by atoms with van der Waals surface area (Å²) in [6.45, 7) is 4.53. The van der Waals surface area contributed by atoms with Gasteiger partial charge in [0.1, 0.15) is 5.03 Å². The maximum absolute atomic E-state index is 13.1. The molecule has 0 spiro atoms. The molecule has 1 aromatic heterocycles. The van der Waals surface area contributed by atoms with Gasteiger partial charge in [-0.2, -0.15) is 0 Å². The van der Waals surface area contributed by atoms with E-state index in [4.69, 9.17) is 0 Å². The zero-order valence-electron chi connectivity index (χ0n) is 15.1. The van der Waals surface area contributed by atoms with Crippen LogP contribution in [-0.4, -0.2) is 29.4 Å². The lowest BCUT2D eigenvalue weighted by molar-refractivity contribution is -0.121. The van der Waals surface area contributed by atoms with Gasteiger partial charge >= 0.3 is 0 Å². The second-order valence-electron chi connectivity index (χ2n) is 6.36. The Morgan fingerprint density at radius 2 is 2.08 bits per heavy atom. The number of anilines is 1. The SMILES string of the molecule is CCC(C)NC(=O)CCCN1C(=O)c2cccnc2Sc2ccccc21. The Morgan fingerprint density at radius 1 is 1.27 bits per heavy atom. The average molecular weight is 369 g/mol. The number of amides is 2. The van der Waals surface area contributed by atoms with Gasteiger partial charge < -0.3 is 10.2 Å². The Balaban J connectivity index is 1.77.